The van der Waals surface area contributed by atoms with Crippen molar-refractivity contribution in [1.82, 2.24) is 0 Å². The van der Waals surface area contributed by atoms with Crippen molar-refractivity contribution in [3.8, 4) is 5.75 Å². The molecule has 5 nitrogen and oxygen atoms in total. The second-order valence-corrected chi connectivity index (χ2v) is 4.79. The molecule has 0 aliphatic heterocycles. The number of ether oxygens (including phenoxy) is 1. The Morgan fingerprint density at radius 1 is 1.24 bits per heavy atom. The van der Waals surface area contributed by atoms with Crippen LogP contribution in [0.15, 0.2) is 42.5 Å². The predicted molar refractivity (Wildman–Crippen MR) is 83.0 cm³/mol. The van der Waals surface area contributed by atoms with E-state index in [1.54, 1.807) is 30.3 Å². The molecular weight excluding hydrogens is 292 g/mol. The van der Waals surface area contributed by atoms with Crippen LogP contribution in [0.1, 0.15) is 12.5 Å². The Balaban J connectivity index is 2.21. The predicted octanol–water partition coefficient (Wildman–Crippen LogP) is 4.26. The monoisotopic (exact) mass is 306 g/mol. The lowest BCUT2D eigenvalue weighted by Crippen LogP contribution is -2.04. The first-order chi connectivity index (χ1) is 10.1. The summed E-state index contributed by atoms with van der Waals surface area (Å²) >= 11 is 5.81. The zero-order valence-electron chi connectivity index (χ0n) is 11.5. The van der Waals surface area contributed by atoms with E-state index in [9.17, 15) is 10.1 Å². The van der Waals surface area contributed by atoms with Crippen LogP contribution in [0.25, 0.3) is 0 Å². The average molecular weight is 307 g/mol. The van der Waals surface area contributed by atoms with Crippen LogP contribution in [-0.4, -0.2) is 11.5 Å². The minimum atomic E-state index is -0.435. The SMILES string of the molecule is CCNc1cccc(OCc2ccc(Cl)cc2)c1[N+](=O)[O-]. The number of para-hydroxylation sites is 1. The van der Waals surface area contributed by atoms with Crippen molar-refractivity contribution in [1.29, 1.82) is 0 Å². The van der Waals surface area contributed by atoms with Gasteiger partial charge in [0.1, 0.15) is 12.3 Å². The van der Waals surface area contributed by atoms with Gasteiger partial charge >= 0.3 is 5.69 Å². The molecule has 2 rings (SSSR count). The van der Waals surface area contributed by atoms with Crippen LogP contribution < -0.4 is 10.1 Å². The summed E-state index contributed by atoms with van der Waals surface area (Å²) in [5.74, 6) is 0.244. The quantitative estimate of drug-likeness (QED) is 0.640. The molecule has 2 aromatic rings. The molecule has 0 unspecified atom stereocenters. The van der Waals surface area contributed by atoms with Gasteiger partial charge < -0.3 is 10.1 Å². The fraction of sp³-hybridized carbons (Fsp3) is 0.200. The third kappa shape index (κ3) is 3.86. The van der Waals surface area contributed by atoms with Gasteiger partial charge in [-0.1, -0.05) is 29.8 Å². The summed E-state index contributed by atoms with van der Waals surface area (Å²) in [6.45, 7) is 2.72. The fourth-order valence-electron chi connectivity index (χ4n) is 1.90. The second-order valence-electron chi connectivity index (χ2n) is 4.35. The van der Waals surface area contributed by atoms with E-state index >= 15 is 0 Å². The highest BCUT2D eigenvalue weighted by molar-refractivity contribution is 6.30. The molecule has 0 aromatic heterocycles. The number of nitrogens with one attached hydrogen (secondary N) is 1. The van der Waals surface area contributed by atoms with Gasteiger partial charge in [0.05, 0.1) is 4.92 Å². The molecule has 0 aliphatic carbocycles. The normalized spacial score (nSPS) is 10.2. The molecule has 0 saturated carbocycles. The van der Waals surface area contributed by atoms with Gasteiger partial charge in [0.25, 0.3) is 0 Å². The van der Waals surface area contributed by atoms with Crippen molar-refractivity contribution >= 4 is 23.0 Å². The van der Waals surface area contributed by atoms with Gasteiger partial charge in [-0.05, 0) is 36.8 Å². The minimum absolute atomic E-state index is 0.0479. The molecule has 0 saturated heterocycles. The van der Waals surface area contributed by atoms with E-state index in [0.717, 1.165) is 5.56 Å². The first kappa shape index (κ1) is 15.1. The molecule has 0 spiro atoms. The Labute approximate surface area is 127 Å². The Bertz CT molecular complexity index is 629. The van der Waals surface area contributed by atoms with Gasteiger partial charge in [-0.15, -0.1) is 0 Å². The Hall–Kier alpha value is -2.27. The fourth-order valence-corrected chi connectivity index (χ4v) is 2.03. The number of hydrogen-bond donors (Lipinski definition) is 1. The van der Waals surface area contributed by atoms with Crippen LogP contribution in [0.2, 0.25) is 5.02 Å². The number of benzene rings is 2. The molecule has 21 heavy (non-hydrogen) atoms. The van der Waals surface area contributed by atoms with Crippen molar-refractivity contribution in [3.05, 3.63) is 63.2 Å². The van der Waals surface area contributed by atoms with E-state index in [1.165, 1.54) is 0 Å². The Morgan fingerprint density at radius 2 is 1.95 bits per heavy atom. The van der Waals surface area contributed by atoms with Crippen LogP contribution >= 0.6 is 11.6 Å². The third-order valence-electron chi connectivity index (χ3n) is 2.86. The highest BCUT2D eigenvalue weighted by atomic mass is 35.5. The Morgan fingerprint density at radius 3 is 2.57 bits per heavy atom. The van der Waals surface area contributed by atoms with Crippen LogP contribution in [0.5, 0.6) is 5.75 Å². The van der Waals surface area contributed by atoms with Gasteiger partial charge in [0.15, 0.2) is 5.75 Å². The van der Waals surface area contributed by atoms with Gasteiger partial charge in [-0.3, -0.25) is 10.1 Å². The Kier molecular flexibility index (Phi) is 5.00. The molecule has 110 valence electrons. The van der Waals surface area contributed by atoms with Gasteiger partial charge in [-0.2, -0.15) is 0 Å². The van der Waals surface area contributed by atoms with Crippen LogP contribution in [0.3, 0.4) is 0 Å². The summed E-state index contributed by atoms with van der Waals surface area (Å²) in [5.41, 5.74) is 1.30. The molecule has 0 radical (unpaired) electrons. The van der Waals surface area contributed by atoms with E-state index in [-0.39, 0.29) is 18.0 Å². The number of rotatable bonds is 6. The standard InChI is InChI=1S/C15H15ClN2O3/c1-2-17-13-4-3-5-14(15(13)18(19)20)21-10-11-6-8-12(16)9-7-11/h3-9,17H,2,10H2,1H3. The van der Waals surface area contributed by atoms with Crippen molar-refractivity contribution in [2.45, 2.75) is 13.5 Å². The summed E-state index contributed by atoms with van der Waals surface area (Å²) in [7, 11) is 0. The molecule has 0 aliphatic rings. The smallest absolute Gasteiger partial charge is 0.333 e. The van der Waals surface area contributed by atoms with Crippen LogP contribution in [-0.2, 0) is 6.61 Å². The van der Waals surface area contributed by atoms with Crippen molar-refractivity contribution in [3.63, 3.8) is 0 Å². The molecule has 0 fully saturated rings. The van der Waals surface area contributed by atoms with Crippen LogP contribution in [0, 0.1) is 10.1 Å². The maximum Gasteiger partial charge on any atom is 0.333 e. The molecule has 6 heteroatoms. The minimum Gasteiger partial charge on any atom is -0.482 e. The van der Waals surface area contributed by atoms with E-state index in [1.807, 2.05) is 19.1 Å². The third-order valence-corrected chi connectivity index (χ3v) is 3.11. The second kappa shape index (κ2) is 6.95. The molecule has 0 amide bonds. The number of nitro groups is 1. The maximum absolute atomic E-state index is 11.2. The van der Waals surface area contributed by atoms with E-state index < -0.39 is 4.92 Å². The maximum atomic E-state index is 11.2. The summed E-state index contributed by atoms with van der Waals surface area (Å²) in [4.78, 5) is 10.8. The average Bonchev–Trinajstić information content (AvgIpc) is 2.47. The number of halogens is 1. The summed E-state index contributed by atoms with van der Waals surface area (Å²) in [6.07, 6.45) is 0. The number of nitrogens with zero attached hydrogens (tertiary/aromatic N) is 1. The lowest BCUT2D eigenvalue weighted by atomic mass is 10.2. The van der Waals surface area contributed by atoms with E-state index in [4.69, 9.17) is 16.3 Å². The van der Waals surface area contributed by atoms with Crippen molar-refractivity contribution in [2.75, 3.05) is 11.9 Å². The topological polar surface area (TPSA) is 64.4 Å². The van der Waals surface area contributed by atoms with Crippen LogP contribution in [0.4, 0.5) is 11.4 Å². The van der Waals surface area contributed by atoms with Gasteiger partial charge in [0, 0.05) is 11.6 Å². The van der Waals surface area contributed by atoms with Crippen molar-refractivity contribution < 1.29 is 9.66 Å². The first-order valence-corrected chi connectivity index (χ1v) is 6.88. The lowest BCUT2D eigenvalue weighted by Gasteiger charge is -2.10. The molecule has 2 aromatic carbocycles. The largest absolute Gasteiger partial charge is 0.482 e. The number of anilines is 1. The van der Waals surface area contributed by atoms with Gasteiger partial charge in [-0.25, -0.2) is 0 Å². The van der Waals surface area contributed by atoms with Gasteiger partial charge in [0.2, 0.25) is 0 Å². The highest BCUT2D eigenvalue weighted by Gasteiger charge is 2.20. The highest BCUT2D eigenvalue weighted by Crippen LogP contribution is 2.35. The summed E-state index contributed by atoms with van der Waals surface area (Å²) in [5, 5.41) is 14.8. The molecule has 0 atom stereocenters. The van der Waals surface area contributed by atoms with Crippen molar-refractivity contribution in [2.24, 2.45) is 0 Å². The zero-order chi connectivity index (χ0) is 15.2. The summed E-state index contributed by atoms with van der Waals surface area (Å²) < 4.78 is 5.59. The number of hydrogen-bond acceptors (Lipinski definition) is 4. The summed E-state index contributed by atoms with van der Waals surface area (Å²) in [6, 6.07) is 12.1. The zero-order valence-corrected chi connectivity index (χ0v) is 12.3. The lowest BCUT2D eigenvalue weighted by molar-refractivity contribution is -0.385. The first-order valence-electron chi connectivity index (χ1n) is 6.50. The molecular formula is C15H15ClN2O3. The molecule has 0 bridgehead atoms. The number of nitro benzene ring substituents is 1. The van der Waals surface area contributed by atoms with E-state index in [2.05, 4.69) is 5.32 Å². The van der Waals surface area contributed by atoms with E-state index in [0.29, 0.717) is 17.3 Å². The molecule has 0 heterocycles. The molecule has 1 N–H and O–H groups in total.